The van der Waals surface area contributed by atoms with Crippen LogP contribution in [-0.2, 0) is 32.5 Å². The zero-order chi connectivity index (χ0) is 38.8. The number of benzene rings is 7. The monoisotopic (exact) mass is 722 g/mol. The highest BCUT2D eigenvalue weighted by atomic mass is 14.6. The van der Waals surface area contributed by atoms with Gasteiger partial charge >= 0.3 is 0 Å². The molecule has 6 aliphatic carbocycles. The minimum absolute atomic E-state index is 0.0783. The van der Waals surface area contributed by atoms with Gasteiger partial charge in [-0.05, 0) is 145 Å². The standard InChI is InChI=1S/C56H50/c1-51(2)31-19-13-17-27-39-29-25-38-30(26-37(29)55(9,10)47(39)49-45(41(27)31)43-33(51)21-15-23-35(43)53(49,5)6)40-28-18-14-20-32-42(28)46-44-34(52(32,3)4)22-16-24-36(44)54(7,8)50(46)48(40)56(38,11)12/h13-26H,1-12H3. The molecule has 0 saturated carbocycles. The predicted molar refractivity (Wildman–Crippen MR) is 236 cm³/mol. The summed E-state index contributed by atoms with van der Waals surface area (Å²) in [5.74, 6) is 0. The van der Waals surface area contributed by atoms with Crippen LogP contribution in [0, 0.1) is 0 Å². The van der Waals surface area contributed by atoms with Gasteiger partial charge in [0.25, 0.3) is 0 Å². The molecule has 0 aromatic heterocycles. The molecular weight excluding hydrogens is 673 g/mol. The lowest BCUT2D eigenvalue weighted by atomic mass is 9.67. The van der Waals surface area contributed by atoms with Gasteiger partial charge in [-0.1, -0.05) is 156 Å². The summed E-state index contributed by atoms with van der Waals surface area (Å²) in [4.78, 5) is 0. The quantitative estimate of drug-likeness (QED) is 0.146. The minimum Gasteiger partial charge on any atom is -0.0616 e. The average molecular weight is 723 g/mol. The fraction of sp³-hybridized carbons (Fsp3) is 0.321. The third-order valence-corrected chi connectivity index (χ3v) is 16.9. The van der Waals surface area contributed by atoms with Crippen LogP contribution in [0.2, 0.25) is 0 Å². The molecule has 0 nitrogen and oxygen atoms in total. The lowest BCUT2D eigenvalue weighted by molar-refractivity contribution is 0.598. The molecule has 0 aliphatic heterocycles. The first kappa shape index (κ1) is 32.2. The summed E-state index contributed by atoms with van der Waals surface area (Å²) in [7, 11) is 0. The molecule has 0 N–H and O–H groups in total. The van der Waals surface area contributed by atoms with Crippen LogP contribution in [0.25, 0.3) is 66.1 Å². The van der Waals surface area contributed by atoms with Crippen molar-refractivity contribution in [3.05, 3.63) is 152 Å². The van der Waals surface area contributed by atoms with Crippen LogP contribution < -0.4 is 0 Å². The Morgan fingerprint density at radius 2 is 0.554 bits per heavy atom. The highest BCUT2D eigenvalue weighted by Gasteiger charge is 2.54. The summed E-state index contributed by atoms with van der Waals surface area (Å²) in [6.07, 6.45) is 0. The van der Waals surface area contributed by atoms with Crippen molar-refractivity contribution >= 4 is 21.5 Å². The van der Waals surface area contributed by atoms with Crippen LogP contribution in [0.15, 0.2) is 84.9 Å². The summed E-state index contributed by atoms with van der Waals surface area (Å²) in [5.41, 5.74) is 29.4. The van der Waals surface area contributed by atoms with E-state index in [0.29, 0.717) is 0 Å². The molecule has 7 aromatic carbocycles. The van der Waals surface area contributed by atoms with Crippen molar-refractivity contribution < 1.29 is 0 Å². The molecule has 13 rings (SSSR count). The van der Waals surface area contributed by atoms with Gasteiger partial charge in [0.15, 0.2) is 0 Å². The van der Waals surface area contributed by atoms with E-state index in [4.69, 9.17) is 0 Å². The molecule has 274 valence electrons. The van der Waals surface area contributed by atoms with E-state index in [-0.39, 0.29) is 32.5 Å². The molecule has 7 aromatic rings. The van der Waals surface area contributed by atoms with Gasteiger partial charge in [0, 0.05) is 32.5 Å². The summed E-state index contributed by atoms with van der Waals surface area (Å²) >= 11 is 0. The van der Waals surface area contributed by atoms with Gasteiger partial charge in [0.2, 0.25) is 0 Å². The molecule has 0 heterocycles. The van der Waals surface area contributed by atoms with Crippen LogP contribution in [0.4, 0.5) is 0 Å². The Labute approximate surface area is 332 Å². The smallest absolute Gasteiger partial charge is 0.0162 e. The number of hydrogen-bond acceptors (Lipinski definition) is 0. The molecule has 0 radical (unpaired) electrons. The van der Waals surface area contributed by atoms with Gasteiger partial charge in [-0.15, -0.1) is 0 Å². The Balaban J connectivity index is 1.18. The minimum atomic E-state index is -0.176. The SMILES string of the molecule is CC1(C)c2cc3c(cc2-c2c1c1c4c5c(cccc25)C(C)(C)c2cccc(c2-4)C1(C)C)C(C)(C)c1c2c4c5c(cccc5c1-3)C(C)(C)c1cccc(c1-4)C2(C)C. The zero-order valence-electron chi connectivity index (χ0n) is 35.1. The van der Waals surface area contributed by atoms with Crippen molar-refractivity contribution in [2.75, 3.05) is 0 Å². The molecular formula is C56H50. The van der Waals surface area contributed by atoms with E-state index in [1.807, 2.05) is 0 Å². The molecule has 0 heteroatoms. The normalized spacial score (nSPS) is 20.6. The molecule has 6 aliphatic rings. The Hall–Kier alpha value is -4.94. The van der Waals surface area contributed by atoms with Gasteiger partial charge in [-0.25, -0.2) is 0 Å². The van der Waals surface area contributed by atoms with Crippen molar-refractivity contribution in [1.29, 1.82) is 0 Å². The van der Waals surface area contributed by atoms with E-state index in [9.17, 15) is 0 Å². The van der Waals surface area contributed by atoms with E-state index in [1.54, 1.807) is 22.3 Å². The first-order valence-electron chi connectivity index (χ1n) is 21.1. The zero-order valence-corrected chi connectivity index (χ0v) is 35.1. The maximum atomic E-state index is 2.69. The topological polar surface area (TPSA) is 0 Å². The van der Waals surface area contributed by atoms with Gasteiger partial charge in [-0.3, -0.25) is 0 Å². The van der Waals surface area contributed by atoms with Crippen LogP contribution >= 0.6 is 0 Å². The summed E-state index contributed by atoms with van der Waals surface area (Å²) in [6.45, 7) is 30.0. The van der Waals surface area contributed by atoms with Crippen LogP contribution in [-0.4, -0.2) is 0 Å². The van der Waals surface area contributed by atoms with Crippen LogP contribution in [0.1, 0.15) is 150 Å². The number of fused-ring (bicyclic) bond motifs is 10. The van der Waals surface area contributed by atoms with E-state index in [2.05, 4.69) is 168 Å². The molecule has 56 heavy (non-hydrogen) atoms. The molecule has 0 amide bonds. The highest BCUT2D eigenvalue weighted by Crippen LogP contribution is 2.69. The molecule has 0 unspecified atom stereocenters. The lowest BCUT2D eigenvalue weighted by Crippen LogP contribution is -2.25. The van der Waals surface area contributed by atoms with E-state index in [1.165, 1.54) is 111 Å². The largest absolute Gasteiger partial charge is 0.0616 e. The Morgan fingerprint density at radius 3 is 0.929 bits per heavy atom. The van der Waals surface area contributed by atoms with Gasteiger partial charge in [-0.2, -0.15) is 0 Å². The predicted octanol–water partition coefficient (Wildman–Crippen LogP) is 14.5. The summed E-state index contributed by atoms with van der Waals surface area (Å²) in [5, 5.41) is 5.87. The van der Waals surface area contributed by atoms with Crippen molar-refractivity contribution in [1.82, 2.24) is 0 Å². The van der Waals surface area contributed by atoms with Gasteiger partial charge in [0.1, 0.15) is 0 Å². The van der Waals surface area contributed by atoms with Crippen LogP contribution in [0.3, 0.4) is 0 Å². The third kappa shape index (κ3) is 2.98. The van der Waals surface area contributed by atoms with E-state index in [0.717, 1.165) is 0 Å². The Kier molecular flexibility index (Phi) is 5.05. The number of rotatable bonds is 0. The average Bonchev–Trinajstić information content (AvgIpc) is 3.73. The second kappa shape index (κ2) is 8.79. The first-order chi connectivity index (χ1) is 26.4. The molecule has 0 spiro atoms. The maximum absolute atomic E-state index is 2.69. The summed E-state index contributed by atoms with van der Waals surface area (Å²) < 4.78 is 0. The fourth-order valence-electron chi connectivity index (χ4n) is 14.3. The van der Waals surface area contributed by atoms with Gasteiger partial charge in [0.05, 0.1) is 0 Å². The second-order valence-electron chi connectivity index (χ2n) is 21.6. The van der Waals surface area contributed by atoms with E-state index < -0.39 is 0 Å². The van der Waals surface area contributed by atoms with Crippen LogP contribution in [0.5, 0.6) is 0 Å². The van der Waals surface area contributed by atoms with Crippen molar-refractivity contribution in [2.24, 2.45) is 0 Å². The van der Waals surface area contributed by atoms with Crippen molar-refractivity contribution in [3.63, 3.8) is 0 Å². The van der Waals surface area contributed by atoms with E-state index >= 15 is 0 Å². The molecule has 0 fully saturated rings. The Bertz CT molecular complexity index is 2950. The molecule has 0 saturated heterocycles. The molecule has 0 bridgehead atoms. The fourth-order valence-corrected chi connectivity index (χ4v) is 14.3. The molecule has 0 atom stereocenters. The van der Waals surface area contributed by atoms with Crippen molar-refractivity contribution in [3.8, 4) is 44.5 Å². The maximum Gasteiger partial charge on any atom is 0.0162 e. The highest BCUT2D eigenvalue weighted by molar-refractivity contribution is 6.19. The third-order valence-electron chi connectivity index (χ3n) is 16.9. The van der Waals surface area contributed by atoms with Crippen molar-refractivity contribution in [2.45, 2.75) is 116 Å². The Morgan fingerprint density at radius 1 is 0.268 bits per heavy atom. The summed E-state index contributed by atoms with van der Waals surface area (Å²) in [6, 6.07) is 34.2. The number of hydrogen-bond donors (Lipinski definition) is 0. The second-order valence-corrected chi connectivity index (χ2v) is 21.6. The van der Waals surface area contributed by atoms with Gasteiger partial charge < -0.3 is 0 Å². The lowest BCUT2D eigenvalue weighted by Gasteiger charge is -2.36. The first-order valence-corrected chi connectivity index (χ1v) is 21.1.